The highest BCUT2D eigenvalue weighted by Crippen LogP contribution is 2.22. The van der Waals surface area contributed by atoms with Crippen LogP contribution in [0, 0.1) is 0 Å². The standard InChI is InChI=1S/C14H26N4S/c1-4-9-18(10-12-7-5-6-8-15-12)14-16-13(11(2)3)17-19-14/h11-12,15H,4-10H2,1-3H3. The van der Waals surface area contributed by atoms with Gasteiger partial charge in [0.1, 0.15) is 5.82 Å². The molecule has 0 amide bonds. The lowest BCUT2D eigenvalue weighted by Gasteiger charge is -2.30. The first-order valence-corrected chi connectivity index (χ1v) is 8.30. The van der Waals surface area contributed by atoms with Crippen LogP contribution in [0.2, 0.25) is 0 Å². The maximum atomic E-state index is 4.70. The van der Waals surface area contributed by atoms with Crippen LogP contribution in [0.25, 0.3) is 0 Å². The fourth-order valence-electron chi connectivity index (χ4n) is 2.47. The van der Waals surface area contributed by atoms with Crippen molar-refractivity contribution in [2.24, 2.45) is 0 Å². The van der Waals surface area contributed by atoms with E-state index in [1.807, 2.05) is 0 Å². The number of nitrogens with zero attached hydrogens (tertiary/aromatic N) is 3. The Bertz CT molecular complexity index is 371. The Kier molecular flexibility index (Phi) is 5.58. The summed E-state index contributed by atoms with van der Waals surface area (Å²) >= 11 is 1.55. The van der Waals surface area contributed by atoms with Gasteiger partial charge in [0.2, 0.25) is 5.13 Å². The lowest BCUT2D eigenvalue weighted by atomic mass is 10.0. The summed E-state index contributed by atoms with van der Waals surface area (Å²) in [5.74, 6) is 1.40. The van der Waals surface area contributed by atoms with Gasteiger partial charge in [0.25, 0.3) is 0 Å². The number of piperidine rings is 1. The minimum Gasteiger partial charge on any atom is -0.345 e. The van der Waals surface area contributed by atoms with E-state index in [9.17, 15) is 0 Å². The molecule has 108 valence electrons. The van der Waals surface area contributed by atoms with Gasteiger partial charge in [-0.05, 0) is 25.8 Å². The molecule has 1 N–H and O–H groups in total. The zero-order chi connectivity index (χ0) is 13.7. The normalized spacial score (nSPS) is 19.9. The van der Waals surface area contributed by atoms with E-state index in [2.05, 4.69) is 35.4 Å². The number of anilines is 1. The molecule has 1 unspecified atom stereocenters. The molecule has 1 aromatic rings. The fourth-order valence-corrected chi connectivity index (χ4v) is 3.31. The zero-order valence-electron chi connectivity index (χ0n) is 12.4. The van der Waals surface area contributed by atoms with E-state index in [-0.39, 0.29) is 0 Å². The van der Waals surface area contributed by atoms with Gasteiger partial charge in [0.15, 0.2) is 0 Å². The van der Waals surface area contributed by atoms with Gasteiger partial charge in [-0.15, -0.1) is 0 Å². The lowest BCUT2D eigenvalue weighted by Crippen LogP contribution is -2.44. The van der Waals surface area contributed by atoms with Gasteiger partial charge in [-0.1, -0.05) is 27.2 Å². The molecule has 0 bridgehead atoms. The van der Waals surface area contributed by atoms with E-state index in [0.29, 0.717) is 12.0 Å². The largest absolute Gasteiger partial charge is 0.345 e. The summed E-state index contributed by atoms with van der Waals surface area (Å²) in [5, 5.41) is 4.72. The van der Waals surface area contributed by atoms with Crippen LogP contribution in [-0.2, 0) is 0 Å². The Morgan fingerprint density at radius 1 is 1.42 bits per heavy atom. The average molecular weight is 282 g/mol. The Balaban J connectivity index is 2.00. The van der Waals surface area contributed by atoms with Gasteiger partial charge in [0.05, 0.1) is 0 Å². The van der Waals surface area contributed by atoms with Crippen molar-refractivity contribution in [3.63, 3.8) is 0 Å². The summed E-state index contributed by atoms with van der Waals surface area (Å²) in [4.78, 5) is 7.11. The summed E-state index contributed by atoms with van der Waals surface area (Å²) in [6.45, 7) is 9.84. The zero-order valence-corrected chi connectivity index (χ0v) is 13.2. The van der Waals surface area contributed by atoms with Gasteiger partial charge >= 0.3 is 0 Å². The van der Waals surface area contributed by atoms with Crippen molar-refractivity contribution in [2.45, 2.75) is 58.4 Å². The quantitative estimate of drug-likeness (QED) is 0.871. The molecular weight excluding hydrogens is 256 g/mol. The van der Waals surface area contributed by atoms with Crippen LogP contribution in [0.3, 0.4) is 0 Å². The predicted molar refractivity (Wildman–Crippen MR) is 82.1 cm³/mol. The molecule has 4 nitrogen and oxygen atoms in total. The number of aromatic nitrogens is 2. The van der Waals surface area contributed by atoms with Crippen LogP contribution in [0.4, 0.5) is 5.13 Å². The number of nitrogens with one attached hydrogen (secondary N) is 1. The monoisotopic (exact) mass is 282 g/mol. The maximum Gasteiger partial charge on any atom is 0.205 e. The van der Waals surface area contributed by atoms with E-state index in [1.165, 1.54) is 19.3 Å². The van der Waals surface area contributed by atoms with Crippen LogP contribution < -0.4 is 10.2 Å². The molecule has 1 aromatic heterocycles. The van der Waals surface area contributed by atoms with Crippen molar-refractivity contribution in [1.29, 1.82) is 0 Å². The van der Waals surface area contributed by atoms with Crippen LogP contribution in [0.5, 0.6) is 0 Å². The Labute approximate surface area is 120 Å². The first-order chi connectivity index (χ1) is 9.20. The fraction of sp³-hybridized carbons (Fsp3) is 0.857. The molecule has 1 saturated heterocycles. The number of hydrogen-bond acceptors (Lipinski definition) is 5. The SMILES string of the molecule is CCCN(CC1CCCCN1)c1nc(C(C)C)ns1. The number of hydrogen-bond donors (Lipinski definition) is 1. The van der Waals surface area contributed by atoms with Crippen molar-refractivity contribution in [3.05, 3.63) is 5.82 Å². The summed E-state index contributed by atoms with van der Waals surface area (Å²) in [7, 11) is 0. The minimum atomic E-state index is 0.418. The molecule has 0 aliphatic carbocycles. The molecule has 2 rings (SSSR count). The van der Waals surface area contributed by atoms with Crippen LogP contribution in [0.1, 0.15) is 58.2 Å². The molecule has 0 saturated carbocycles. The average Bonchev–Trinajstić information content (AvgIpc) is 2.89. The predicted octanol–water partition coefficient (Wildman–Crippen LogP) is 3.02. The molecule has 0 aromatic carbocycles. The molecule has 19 heavy (non-hydrogen) atoms. The first kappa shape index (κ1) is 14.7. The Morgan fingerprint density at radius 3 is 2.84 bits per heavy atom. The molecule has 0 radical (unpaired) electrons. The van der Waals surface area contributed by atoms with Crippen LogP contribution in [0.15, 0.2) is 0 Å². The Hall–Kier alpha value is -0.680. The molecule has 1 aliphatic heterocycles. The molecular formula is C14H26N4S. The van der Waals surface area contributed by atoms with Gasteiger partial charge in [0, 0.05) is 36.6 Å². The summed E-state index contributed by atoms with van der Waals surface area (Å²) in [5.41, 5.74) is 0. The third-order valence-electron chi connectivity index (χ3n) is 3.56. The third-order valence-corrected chi connectivity index (χ3v) is 4.36. The Morgan fingerprint density at radius 2 is 2.26 bits per heavy atom. The first-order valence-electron chi connectivity index (χ1n) is 7.52. The smallest absolute Gasteiger partial charge is 0.205 e. The minimum absolute atomic E-state index is 0.418. The third kappa shape index (κ3) is 4.14. The van der Waals surface area contributed by atoms with E-state index < -0.39 is 0 Å². The van der Waals surface area contributed by atoms with Crippen molar-refractivity contribution in [1.82, 2.24) is 14.7 Å². The topological polar surface area (TPSA) is 41.0 Å². The van der Waals surface area contributed by atoms with Gasteiger partial charge in [-0.2, -0.15) is 4.37 Å². The lowest BCUT2D eigenvalue weighted by molar-refractivity contribution is 0.399. The molecule has 1 aliphatic rings. The summed E-state index contributed by atoms with van der Waals surface area (Å²) < 4.78 is 4.48. The van der Waals surface area contributed by atoms with E-state index in [1.54, 1.807) is 11.5 Å². The van der Waals surface area contributed by atoms with Crippen molar-refractivity contribution in [2.75, 3.05) is 24.5 Å². The maximum absolute atomic E-state index is 4.70. The molecule has 0 spiro atoms. The van der Waals surface area contributed by atoms with Crippen molar-refractivity contribution < 1.29 is 0 Å². The second-order valence-electron chi connectivity index (χ2n) is 5.68. The second kappa shape index (κ2) is 7.20. The van der Waals surface area contributed by atoms with Crippen LogP contribution in [-0.4, -0.2) is 35.0 Å². The van der Waals surface area contributed by atoms with Crippen molar-refractivity contribution in [3.8, 4) is 0 Å². The van der Waals surface area contributed by atoms with Gasteiger partial charge in [-0.3, -0.25) is 0 Å². The highest BCUT2D eigenvalue weighted by Gasteiger charge is 2.19. The molecule has 5 heteroatoms. The van der Waals surface area contributed by atoms with E-state index >= 15 is 0 Å². The van der Waals surface area contributed by atoms with Crippen LogP contribution >= 0.6 is 11.5 Å². The van der Waals surface area contributed by atoms with Crippen molar-refractivity contribution >= 4 is 16.7 Å². The number of rotatable bonds is 6. The molecule has 1 atom stereocenters. The second-order valence-corrected chi connectivity index (χ2v) is 6.41. The molecule has 2 heterocycles. The molecule has 1 fully saturated rings. The van der Waals surface area contributed by atoms with Gasteiger partial charge < -0.3 is 10.2 Å². The van der Waals surface area contributed by atoms with Gasteiger partial charge in [-0.25, -0.2) is 4.98 Å². The summed E-state index contributed by atoms with van der Waals surface area (Å²) in [6.07, 6.45) is 5.12. The van der Waals surface area contributed by atoms with E-state index in [4.69, 9.17) is 4.98 Å². The summed E-state index contributed by atoms with van der Waals surface area (Å²) in [6, 6.07) is 0.617. The van der Waals surface area contributed by atoms with E-state index in [0.717, 1.165) is 37.0 Å². The highest BCUT2D eigenvalue weighted by molar-refractivity contribution is 7.09. The highest BCUT2D eigenvalue weighted by atomic mass is 32.1.